The lowest BCUT2D eigenvalue weighted by atomic mass is 9.99. The van der Waals surface area contributed by atoms with Crippen molar-refractivity contribution < 1.29 is 24.2 Å². The lowest BCUT2D eigenvalue weighted by molar-refractivity contribution is -0.162. The van der Waals surface area contributed by atoms with E-state index in [1.807, 2.05) is 0 Å². The lowest BCUT2D eigenvalue weighted by Gasteiger charge is -2.19. The molecule has 1 aliphatic heterocycles. The summed E-state index contributed by atoms with van der Waals surface area (Å²) in [6.45, 7) is 4.76. The van der Waals surface area contributed by atoms with Gasteiger partial charge in [0.05, 0.1) is 6.61 Å². The fourth-order valence-corrected chi connectivity index (χ4v) is 1.47. The van der Waals surface area contributed by atoms with Crippen molar-refractivity contribution in [3.05, 3.63) is 0 Å². The fraction of sp³-hybridized carbons (Fsp3) is 0.778. The Balaban J connectivity index is 2.73. The molecule has 1 N–H and O–H groups in total. The maximum absolute atomic E-state index is 11.1. The molecule has 1 fully saturated rings. The van der Waals surface area contributed by atoms with Crippen LogP contribution in [0.2, 0.25) is 0 Å². The molecule has 0 aromatic rings. The van der Waals surface area contributed by atoms with E-state index in [0.717, 1.165) is 0 Å². The molecule has 80 valence electrons. The van der Waals surface area contributed by atoms with Crippen LogP contribution < -0.4 is 0 Å². The van der Waals surface area contributed by atoms with Gasteiger partial charge >= 0.3 is 5.97 Å². The molecule has 1 heterocycles. The van der Waals surface area contributed by atoms with Gasteiger partial charge in [-0.25, -0.2) is 0 Å². The minimum absolute atomic E-state index is 0.142. The van der Waals surface area contributed by atoms with Crippen LogP contribution in [0.15, 0.2) is 0 Å². The molecular weight excluding hydrogens is 188 g/mol. The fourth-order valence-electron chi connectivity index (χ4n) is 1.47. The maximum atomic E-state index is 11.1. The standard InChI is InChI=1S/C9H14O5/c1-5(10)7(8(11)12)6-4-13-9(2,3)14-6/h6-7H,4H2,1-3H3,(H,11,12). The topological polar surface area (TPSA) is 72.8 Å². The van der Waals surface area contributed by atoms with Crippen LogP contribution >= 0.6 is 0 Å². The zero-order valence-electron chi connectivity index (χ0n) is 8.44. The Kier molecular flexibility index (Phi) is 2.92. The summed E-state index contributed by atoms with van der Waals surface area (Å²) >= 11 is 0. The van der Waals surface area contributed by atoms with E-state index in [0.29, 0.717) is 0 Å². The molecule has 0 spiro atoms. The smallest absolute Gasteiger partial charge is 0.316 e. The van der Waals surface area contributed by atoms with Crippen molar-refractivity contribution in [2.24, 2.45) is 5.92 Å². The molecule has 0 aliphatic carbocycles. The number of carboxylic acid groups (broad SMARTS) is 1. The number of carbonyl (C=O) groups is 2. The second-order valence-electron chi connectivity index (χ2n) is 3.79. The second kappa shape index (κ2) is 3.67. The van der Waals surface area contributed by atoms with E-state index in [1.54, 1.807) is 13.8 Å². The summed E-state index contributed by atoms with van der Waals surface area (Å²) in [5.41, 5.74) is 0. The molecule has 2 atom stereocenters. The number of hydrogen-bond acceptors (Lipinski definition) is 4. The van der Waals surface area contributed by atoms with Crippen molar-refractivity contribution >= 4 is 11.8 Å². The van der Waals surface area contributed by atoms with E-state index < -0.39 is 29.6 Å². The maximum Gasteiger partial charge on any atom is 0.316 e. The first kappa shape index (κ1) is 11.1. The highest BCUT2D eigenvalue weighted by Gasteiger charge is 2.42. The molecule has 2 unspecified atom stereocenters. The van der Waals surface area contributed by atoms with Crippen LogP contribution in [0.4, 0.5) is 0 Å². The molecule has 1 rings (SSSR count). The number of hydrogen-bond donors (Lipinski definition) is 1. The van der Waals surface area contributed by atoms with E-state index in [2.05, 4.69) is 0 Å². The van der Waals surface area contributed by atoms with Crippen LogP contribution in [-0.4, -0.2) is 35.4 Å². The Bertz CT molecular complexity index is 244. The molecule has 1 saturated heterocycles. The predicted molar refractivity (Wildman–Crippen MR) is 46.7 cm³/mol. The second-order valence-corrected chi connectivity index (χ2v) is 3.79. The van der Waals surface area contributed by atoms with Crippen LogP contribution in [-0.2, 0) is 19.1 Å². The zero-order valence-corrected chi connectivity index (χ0v) is 8.44. The van der Waals surface area contributed by atoms with Crippen molar-refractivity contribution in [1.82, 2.24) is 0 Å². The average molecular weight is 202 g/mol. The monoisotopic (exact) mass is 202 g/mol. The van der Waals surface area contributed by atoms with Crippen molar-refractivity contribution in [3.63, 3.8) is 0 Å². The van der Waals surface area contributed by atoms with Gasteiger partial charge in [-0.05, 0) is 20.8 Å². The third-order valence-electron chi connectivity index (χ3n) is 2.11. The van der Waals surface area contributed by atoms with Crippen molar-refractivity contribution in [2.45, 2.75) is 32.7 Å². The first-order chi connectivity index (χ1) is 6.33. The Hall–Kier alpha value is -0.940. The highest BCUT2D eigenvalue weighted by atomic mass is 16.7. The zero-order chi connectivity index (χ0) is 10.9. The molecule has 0 bridgehead atoms. The predicted octanol–water partition coefficient (Wildman–Crippen LogP) is 0.428. The molecule has 0 amide bonds. The van der Waals surface area contributed by atoms with Gasteiger partial charge in [0.2, 0.25) is 0 Å². The number of carbonyl (C=O) groups excluding carboxylic acids is 1. The summed E-state index contributed by atoms with van der Waals surface area (Å²) in [5.74, 6) is -3.50. The SMILES string of the molecule is CC(=O)C(C(=O)O)C1COC(C)(C)O1. The summed E-state index contributed by atoms with van der Waals surface area (Å²) < 4.78 is 10.5. The lowest BCUT2D eigenvalue weighted by Crippen LogP contribution is -2.36. The quantitative estimate of drug-likeness (QED) is 0.672. The average Bonchev–Trinajstić information content (AvgIpc) is 2.28. The van der Waals surface area contributed by atoms with E-state index >= 15 is 0 Å². The summed E-state index contributed by atoms with van der Waals surface area (Å²) in [6.07, 6.45) is -0.681. The highest BCUT2D eigenvalue weighted by Crippen LogP contribution is 2.27. The van der Waals surface area contributed by atoms with Gasteiger partial charge < -0.3 is 14.6 Å². The Morgan fingerprint density at radius 1 is 1.50 bits per heavy atom. The van der Waals surface area contributed by atoms with Gasteiger partial charge in [-0.3, -0.25) is 9.59 Å². The molecule has 5 heteroatoms. The van der Waals surface area contributed by atoms with Crippen LogP contribution in [0.3, 0.4) is 0 Å². The molecule has 0 radical (unpaired) electrons. The normalized spacial score (nSPS) is 27.2. The summed E-state index contributed by atoms with van der Waals surface area (Å²) in [4.78, 5) is 21.8. The first-order valence-corrected chi connectivity index (χ1v) is 4.38. The van der Waals surface area contributed by atoms with E-state index in [-0.39, 0.29) is 6.61 Å². The number of rotatable bonds is 3. The molecule has 0 aromatic heterocycles. The number of ether oxygens (including phenoxy) is 2. The summed E-state index contributed by atoms with van der Waals surface area (Å²) in [7, 11) is 0. The van der Waals surface area contributed by atoms with Gasteiger partial charge in [-0.2, -0.15) is 0 Å². The summed E-state index contributed by atoms with van der Waals surface area (Å²) in [6, 6.07) is 0. The van der Waals surface area contributed by atoms with Gasteiger partial charge in [0.15, 0.2) is 5.79 Å². The van der Waals surface area contributed by atoms with Crippen LogP contribution in [0, 0.1) is 5.92 Å². The Morgan fingerprint density at radius 2 is 2.07 bits per heavy atom. The van der Waals surface area contributed by atoms with Crippen molar-refractivity contribution in [2.75, 3.05) is 6.61 Å². The van der Waals surface area contributed by atoms with Gasteiger partial charge in [-0.15, -0.1) is 0 Å². The third-order valence-corrected chi connectivity index (χ3v) is 2.11. The van der Waals surface area contributed by atoms with E-state index in [1.165, 1.54) is 6.92 Å². The Morgan fingerprint density at radius 3 is 2.36 bits per heavy atom. The highest BCUT2D eigenvalue weighted by molar-refractivity contribution is 5.97. The van der Waals surface area contributed by atoms with Gasteiger partial charge in [0, 0.05) is 0 Å². The molecule has 0 saturated carbocycles. The largest absolute Gasteiger partial charge is 0.481 e. The molecule has 14 heavy (non-hydrogen) atoms. The molecule has 5 nitrogen and oxygen atoms in total. The van der Waals surface area contributed by atoms with Crippen molar-refractivity contribution in [1.29, 1.82) is 0 Å². The van der Waals surface area contributed by atoms with Gasteiger partial charge in [0.1, 0.15) is 17.8 Å². The van der Waals surface area contributed by atoms with Crippen LogP contribution in [0.25, 0.3) is 0 Å². The number of ketones is 1. The minimum atomic E-state index is -1.16. The number of Topliss-reactive ketones (excluding diaryl/α,β-unsaturated/α-hetero) is 1. The van der Waals surface area contributed by atoms with Gasteiger partial charge in [0.25, 0.3) is 0 Å². The van der Waals surface area contributed by atoms with E-state index in [9.17, 15) is 9.59 Å². The number of carboxylic acids is 1. The van der Waals surface area contributed by atoms with Crippen molar-refractivity contribution in [3.8, 4) is 0 Å². The first-order valence-electron chi connectivity index (χ1n) is 4.38. The minimum Gasteiger partial charge on any atom is -0.481 e. The molecule has 1 aliphatic rings. The van der Waals surface area contributed by atoms with Crippen LogP contribution in [0.5, 0.6) is 0 Å². The van der Waals surface area contributed by atoms with Crippen LogP contribution in [0.1, 0.15) is 20.8 Å². The third kappa shape index (κ3) is 2.30. The number of aliphatic carboxylic acids is 1. The van der Waals surface area contributed by atoms with E-state index in [4.69, 9.17) is 14.6 Å². The summed E-state index contributed by atoms with van der Waals surface area (Å²) in [5, 5.41) is 8.82. The molecular formula is C9H14O5. The van der Waals surface area contributed by atoms with Gasteiger partial charge in [-0.1, -0.05) is 0 Å². The molecule has 0 aromatic carbocycles. The Labute approximate surface area is 82.0 Å².